The van der Waals surface area contributed by atoms with Crippen LogP contribution in [0.15, 0.2) is 42.7 Å². The summed E-state index contributed by atoms with van der Waals surface area (Å²) in [4.78, 5) is 9.09. The Bertz CT molecular complexity index is 1100. The molecule has 0 radical (unpaired) electrons. The number of rotatable bonds is 11. The molecule has 4 aromatic rings. The Morgan fingerprint density at radius 2 is 1.78 bits per heavy atom. The first-order chi connectivity index (χ1) is 15.8. The lowest BCUT2D eigenvalue weighted by Gasteiger charge is -2.08. The van der Waals surface area contributed by atoms with Crippen LogP contribution in [0.4, 0.5) is 0 Å². The van der Waals surface area contributed by atoms with Crippen molar-refractivity contribution in [2.75, 3.05) is 0 Å². The monoisotopic (exact) mass is 430 g/mol. The van der Waals surface area contributed by atoms with E-state index in [1.165, 1.54) is 18.4 Å². The quantitative estimate of drug-likeness (QED) is 0.348. The van der Waals surface area contributed by atoms with E-state index in [2.05, 4.69) is 68.4 Å². The number of H-pyrrole nitrogens is 1. The Balaban J connectivity index is 1.54. The molecule has 0 fully saturated rings. The molecule has 4 rings (SSSR count). The van der Waals surface area contributed by atoms with Crippen LogP contribution in [0.5, 0.6) is 0 Å². The maximum absolute atomic E-state index is 4.87. The third-order valence-corrected chi connectivity index (χ3v) is 5.55. The van der Waals surface area contributed by atoms with Crippen LogP contribution in [-0.2, 0) is 19.4 Å². The molecule has 0 atom stereocenters. The van der Waals surface area contributed by atoms with Gasteiger partial charge < -0.3 is 0 Å². The SMILES string of the molecule is CCCCCn1nc(CCCC)nc1Cc1ccc(-c2ccncc2-c2nn[nH]n2)cc1. The number of nitrogens with zero attached hydrogens (tertiary/aromatic N) is 7. The van der Waals surface area contributed by atoms with E-state index in [1.807, 2.05) is 6.07 Å². The molecule has 1 aromatic carbocycles. The zero-order chi connectivity index (χ0) is 22.2. The van der Waals surface area contributed by atoms with E-state index in [1.54, 1.807) is 12.4 Å². The van der Waals surface area contributed by atoms with Gasteiger partial charge in [0.25, 0.3) is 0 Å². The number of hydrogen-bond donors (Lipinski definition) is 1. The van der Waals surface area contributed by atoms with Gasteiger partial charge in [0.15, 0.2) is 5.82 Å². The zero-order valence-electron chi connectivity index (χ0n) is 18.8. The molecule has 0 unspecified atom stereocenters. The number of aryl methyl sites for hydroxylation is 2. The van der Waals surface area contributed by atoms with Gasteiger partial charge in [-0.2, -0.15) is 10.3 Å². The number of benzene rings is 1. The fourth-order valence-electron chi connectivity index (χ4n) is 3.77. The van der Waals surface area contributed by atoms with Crippen molar-refractivity contribution in [3.63, 3.8) is 0 Å². The predicted molar refractivity (Wildman–Crippen MR) is 124 cm³/mol. The van der Waals surface area contributed by atoms with Crippen molar-refractivity contribution in [2.24, 2.45) is 0 Å². The molecule has 0 saturated heterocycles. The van der Waals surface area contributed by atoms with Crippen molar-refractivity contribution in [2.45, 2.75) is 65.3 Å². The fourth-order valence-corrected chi connectivity index (χ4v) is 3.77. The number of unbranched alkanes of at least 4 members (excludes halogenated alkanes) is 3. The molecule has 0 bridgehead atoms. The summed E-state index contributed by atoms with van der Waals surface area (Å²) < 4.78 is 2.12. The number of aromatic nitrogens is 8. The van der Waals surface area contributed by atoms with Gasteiger partial charge in [-0.1, -0.05) is 57.4 Å². The van der Waals surface area contributed by atoms with Crippen LogP contribution in [-0.4, -0.2) is 40.4 Å². The maximum Gasteiger partial charge on any atom is 0.206 e. The highest BCUT2D eigenvalue weighted by Gasteiger charge is 2.13. The molecular weight excluding hydrogens is 400 g/mol. The number of aromatic amines is 1. The summed E-state index contributed by atoms with van der Waals surface area (Å²) in [6.45, 7) is 5.36. The van der Waals surface area contributed by atoms with E-state index in [0.29, 0.717) is 5.82 Å². The molecular formula is C24H30N8. The van der Waals surface area contributed by atoms with Gasteiger partial charge in [-0.05, 0) is 40.8 Å². The van der Waals surface area contributed by atoms with Crippen molar-refractivity contribution in [3.05, 3.63) is 59.9 Å². The molecule has 8 nitrogen and oxygen atoms in total. The Kier molecular flexibility index (Phi) is 7.32. The van der Waals surface area contributed by atoms with Crippen LogP contribution in [0.3, 0.4) is 0 Å². The van der Waals surface area contributed by atoms with Crippen molar-refractivity contribution in [1.29, 1.82) is 0 Å². The molecule has 0 aliphatic rings. The number of hydrogen-bond acceptors (Lipinski definition) is 6. The van der Waals surface area contributed by atoms with Gasteiger partial charge in [0.1, 0.15) is 5.82 Å². The molecule has 166 valence electrons. The highest BCUT2D eigenvalue weighted by molar-refractivity contribution is 5.79. The topological polar surface area (TPSA) is 98.1 Å². The van der Waals surface area contributed by atoms with Crippen molar-refractivity contribution in [3.8, 4) is 22.5 Å². The summed E-state index contributed by atoms with van der Waals surface area (Å²) in [6, 6.07) is 10.6. The van der Waals surface area contributed by atoms with Crippen molar-refractivity contribution < 1.29 is 0 Å². The number of tetrazole rings is 1. The highest BCUT2D eigenvalue weighted by Crippen LogP contribution is 2.29. The van der Waals surface area contributed by atoms with E-state index < -0.39 is 0 Å². The van der Waals surface area contributed by atoms with Crippen LogP contribution in [0.2, 0.25) is 0 Å². The molecule has 32 heavy (non-hydrogen) atoms. The Labute approximate surface area is 188 Å². The first-order valence-corrected chi connectivity index (χ1v) is 11.5. The van der Waals surface area contributed by atoms with Crippen LogP contribution in [0.1, 0.15) is 63.2 Å². The molecule has 1 N–H and O–H groups in total. The summed E-state index contributed by atoms with van der Waals surface area (Å²) in [6.07, 6.45) is 11.1. The van der Waals surface area contributed by atoms with Gasteiger partial charge in [-0.25, -0.2) is 9.67 Å². The molecule has 3 aromatic heterocycles. The molecule has 0 aliphatic heterocycles. The van der Waals surface area contributed by atoms with E-state index in [4.69, 9.17) is 10.1 Å². The largest absolute Gasteiger partial charge is 0.264 e. The van der Waals surface area contributed by atoms with E-state index in [0.717, 1.165) is 67.0 Å². The third-order valence-electron chi connectivity index (χ3n) is 5.55. The maximum atomic E-state index is 4.87. The molecule has 8 heteroatoms. The lowest BCUT2D eigenvalue weighted by Crippen LogP contribution is -2.07. The molecule has 0 saturated carbocycles. The lowest BCUT2D eigenvalue weighted by atomic mass is 9.99. The Hall–Kier alpha value is -3.42. The van der Waals surface area contributed by atoms with Crippen molar-refractivity contribution >= 4 is 0 Å². The normalized spacial score (nSPS) is 11.2. The van der Waals surface area contributed by atoms with Gasteiger partial charge in [-0.3, -0.25) is 4.98 Å². The fraction of sp³-hybridized carbons (Fsp3) is 0.417. The second kappa shape index (κ2) is 10.7. The summed E-state index contributed by atoms with van der Waals surface area (Å²) in [5.74, 6) is 2.56. The van der Waals surface area contributed by atoms with Gasteiger partial charge in [-0.15, -0.1) is 10.2 Å². The van der Waals surface area contributed by atoms with E-state index in [9.17, 15) is 0 Å². The van der Waals surface area contributed by atoms with Crippen LogP contribution >= 0.6 is 0 Å². The summed E-state index contributed by atoms with van der Waals surface area (Å²) in [5.41, 5.74) is 4.18. The summed E-state index contributed by atoms with van der Waals surface area (Å²) in [7, 11) is 0. The first-order valence-electron chi connectivity index (χ1n) is 11.5. The van der Waals surface area contributed by atoms with Gasteiger partial charge >= 0.3 is 0 Å². The van der Waals surface area contributed by atoms with E-state index >= 15 is 0 Å². The first kappa shape index (κ1) is 21.8. The minimum atomic E-state index is 0.539. The average Bonchev–Trinajstić information content (AvgIpc) is 3.49. The highest BCUT2D eigenvalue weighted by atomic mass is 15.5. The minimum absolute atomic E-state index is 0.539. The minimum Gasteiger partial charge on any atom is -0.264 e. The predicted octanol–water partition coefficient (Wildman–Crippen LogP) is 4.64. The lowest BCUT2D eigenvalue weighted by molar-refractivity contribution is 0.530. The van der Waals surface area contributed by atoms with Crippen molar-refractivity contribution in [1.82, 2.24) is 40.4 Å². The van der Waals surface area contributed by atoms with Gasteiger partial charge in [0, 0.05) is 37.3 Å². The molecule has 3 heterocycles. The molecule has 0 spiro atoms. The molecule has 0 amide bonds. The second-order valence-electron chi connectivity index (χ2n) is 8.01. The summed E-state index contributed by atoms with van der Waals surface area (Å²) in [5, 5.41) is 19.2. The van der Waals surface area contributed by atoms with Crippen LogP contribution in [0.25, 0.3) is 22.5 Å². The third kappa shape index (κ3) is 5.25. The number of pyridine rings is 1. The van der Waals surface area contributed by atoms with Gasteiger partial charge in [0.2, 0.25) is 5.82 Å². The van der Waals surface area contributed by atoms with Crippen LogP contribution < -0.4 is 0 Å². The number of nitrogens with one attached hydrogen (secondary N) is 1. The average molecular weight is 431 g/mol. The molecule has 0 aliphatic carbocycles. The zero-order valence-corrected chi connectivity index (χ0v) is 18.8. The van der Waals surface area contributed by atoms with E-state index in [-0.39, 0.29) is 0 Å². The smallest absolute Gasteiger partial charge is 0.206 e. The Morgan fingerprint density at radius 3 is 2.53 bits per heavy atom. The second-order valence-corrected chi connectivity index (χ2v) is 8.01. The summed E-state index contributed by atoms with van der Waals surface area (Å²) >= 11 is 0. The van der Waals surface area contributed by atoms with Gasteiger partial charge in [0.05, 0.1) is 0 Å². The Morgan fingerprint density at radius 1 is 0.938 bits per heavy atom. The van der Waals surface area contributed by atoms with Crippen LogP contribution in [0, 0.1) is 0 Å². The standard InChI is InChI=1S/C24H30N8/c1-3-5-7-15-32-23(26-22(29-32)8-6-4-2)16-18-9-11-19(12-10-18)20-13-14-25-17-21(20)24-27-30-31-28-24/h9-14,17H,3-8,15-16H2,1-2H3,(H,27,28,30,31).